The van der Waals surface area contributed by atoms with E-state index in [1.165, 1.54) is 6.42 Å². The highest BCUT2D eigenvalue weighted by molar-refractivity contribution is 5.83. The van der Waals surface area contributed by atoms with E-state index in [4.69, 9.17) is 14.2 Å². The van der Waals surface area contributed by atoms with E-state index in [9.17, 15) is 4.79 Å². The van der Waals surface area contributed by atoms with Gasteiger partial charge in [-0.3, -0.25) is 9.48 Å². The number of nitrogens with zero attached hydrogens (tertiary/aromatic N) is 5. The van der Waals surface area contributed by atoms with Gasteiger partial charge in [0.25, 0.3) is 5.89 Å². The van der Waals surface area contributed by atoms with Crippen molar-refractivity contribution in [3.63, 3.8) is 0 Å². The van der Waals surface area contributed by atoms with Gasteiger partial charge in [0.15, 0.2) is 5.82 Å². The topological polar surface area (TPSA) is 86.3 Å². The lowest BCUT2D eigenvalue weighted by atomic mass is 9.83. The number of piperidine rings is 1. The molecule has 3 fully saturated rings. The summed E-state index contributed by atoms with van der Waals surface area (Å²) in [7, 11) is 0. The Morgan fingerprint density at radius 2 is 1.93 bits per heavy atom. The molecule has 6 rings (SSSR count). The molecule has 3 aliphatic rings. The van der Waals surface area contributed by atoms with Gasteiger partial charge in [0.2, 0.25) is 5.91 Å². The van der Waals surface area contributed by atoms with Gasteiger partial charge < -0.3 is 14.2 Å². The molecule has 3 aromatic rings. The molecule has 30 heavy (non-hydrogen) atoms. The van der Waals surface area contributed by atoms with Crippen LogP contribution in [0.5, 0.6) is 0 Å². The van der Waals surface area contributed by atoms with Crippen LogP contribution in [0.25, 0.3) is 22.4 Å². The number of likely N-dealkylation sites (tertiary alicyclic amines) is 1. The van der Waals surface area contributed by atoms with E-state index < -0.39 is 0 Å². The first-order valence-electron chi connectivity index (χ1n) is 10.9. The molecule has 1 aromatic carbocycles. The molecule has 8 nitrogen and oxygen atoms in total. The Morgan fingerprint density at radius 1 is 1.10 bits per heavy atom. The molecule has 1 amide bonds. The Labute approximate surface area is 174 Å². The van der Waals surface area contributed by atoms with E-state index in [-0.39, 0.29) is 11.8 Å². The molecule has 0 spiro atoms. The maximum absolute atomic E-state index is 12.5. The van der Waals surface area contributed by atoms with Gasteiger partial charge in [-0.15, -0.1) is 0 Å². The third-order valence-electron chi connectivity index (χ3n) is 6.88. The van der Waals surface area contributed by atoms with E-state index in [2.05, 4.69) is 16.3 Å². The fourth-order valence-electron chi connectivity index (χ4n) is 4.62. The molecule has 2 aromatic heterocycles. The number of ether oxygens (including phenoxy) is 1. The third-order valence-corrected chi connectivity index (χ3v) is 6.88. The first-order chi connectivity index (χ1) is 14.8. The molecule has 2 saturated heterocycles. The van der Waals surface area contributed by atoms with Gasteiger partial charge in [-0.1, -0.05) is 17.6 Å². The number of benzene rings is 1. The monoisotopic (exact) mass is 407 g/mol. The van der Waals surface area contributed by atoms with Crippen molar-refractivity contribution in [1.82, 2.24) is 24.8 Å². The summed E-state index contributed by atoms with van der Waals surface area (Å²) in [5.41, 5.74) is 1.96. The molecule has 0 unspecified atom stereocenters. The largest absolute Gasteiger partial charge is 0.377 e. The van der Waals surface area contributed by atoms with Gasteiger partial charge >= 0.3 is 0 Å². The average molecular weight is 407 g/mol. The molecule has 0 N–H and O–H groups in total. The summed E-state index contributed by atoms with van der Waals surface area (Å²) in [5.74, 6) is 2.15. The van der Waals surface area contributed by atoms with Gasteiger partial charge in [-0.05, 0) is 37.8 Å². The average Bonchev–Trinajstić information content (AvgIpc) is 3.33. The lowest BCUT2D eigenvalue weighted by Crippen LogP contribution is -2.43. The number of aromatic nitrogens is 4. The van der Waals surface area contributed by atoms with Gasteiger partial charge in [0, 0.05) is 35.9 Å². The molecule has 4 heterocycles. The normalized spacial score (nSPS) is 21.0. The van der Waals surface area contributed by atoms with Gasteiger partial charge in [-0.25, -0.2) is 0 Å². The van der Waals surface area contributed by atoms with E-state index in [1.807, 2.05) is 27.9 Å². The molecule has 8 heteroatoms. The van der Waals surface area contributed by atoms with Crippen LogP contribution in [0.1, 0.15) is 49.9 Å². The Morgan fingerprint density at radius 3 is 2.63 bits per heavy atom. The minimum Gasteiger partial charge on any atom is -0.377 e. The smallest absolute Gasteiger partial charge is 0.258 e. The summed E-state index contributed by atoms with van der Waals surface area (Å²) in [6.07, 6.45) is 6.98. The Kier molecular flexibility index (Phi) is 4.33. The van der Waals surface area contributed by atoms with Crippen molar-refractivity contribution in [2.45, 2.75) is 44.1 Å². The minimum absolute atomic E-state index is 0.245. The van der Waals surface area contributed by atoms with E-state index in [1.54, 1.807) is 0 Å². The zero-order valence-corrected chi connectivity index (χ0v) is 16.9. The number of carbonyl (C=O) groups excluding carboxylic acids is 1. The standard InChI is InChI=1S/C22H25N5O3/c28-22(15-2-1-3-15)26-8-6-14(7-9-26)20-24-21(30-25-20)16-4-5-17-11-23-27(19(17)10-16)18-12-29-13-18/h4-5,10-11,14-15,18H,1-3,6-9,12-13H2. The lowest BCUT2D eigenvalue weighted by Gasteiger charge is -2.35. The van der Waals surface area contributed by atoms with Crippen molar-refractivity contribution in [2.75, 3.05) is 26.3 Å². The maximum Gasteiger partial charge on any atom is 0.258 e. The maximum atomic E-state index is 12.5. The predicted molar refractivity (Wildman–Crippen MR) is 109 cm³/mol. The zero-order valence-electron chi connectivity index (χ0n) is 16.9. The van der Waals surface area contributed by atoms with Crippen LogP contribution < -0.4 is 0 Å². The Hall–Kier alpha value is -2.74. The van der Waals surface area contributed by atoms with Crippen LogP contribution in [0, 0.1) is 5.92 Å². The highest BCUT2D eigenvalue weighted by Gasteiger charge is 2.33. The van der Waals surface area contributed by atoms with Crippen LogP contribution in [0.15, 0.2) is 28.9 Å². The van der Waals surface area contributed by atoms with Gasteiger partial charge in [0.05, 0.1) is 31.0 Å². The fourth-order valence-corrected chi connectivity index (χ4v) is 4.62. The molecule has 2 aliphatic heterocycles. The van der Waals surface area contributed by atoms with Crippen LogP contribution >= 0.6 is 0 Å². The molecular formula is C22H25N5O3. The number of carbonyl (C=O) groups is 1. The summed E-state index contributed by atoms with van der Waals surface area (Å²) in [5, 5.41) is 9.87. The van der Waals surface area contributed by atoms with Crippen LogP contribution in [0.2, 0.25) is 0 Å². The number of fused-ring (bicyclic) bond motifs is 1. The number of hydrogen-bond acceptors (Lipinski definition) is 6. The van der Waals surface area contributed by atoms with Crippen LogP contribution in [-0.4, -0.2) is 57.0 Å². The van der Waals surface area contributed by atoms with Crippen molar-refractivity contribution in [3.8, 4) is 11.5 Å². The first kappa shape index (κ1) is 18.1. The van der Waals surface area contributed by atoms with Crippen molar-refractivity contribution in [2.24, 2.45) is 5.92 Å². The van der Waals surface area contributed by atoms with Crippen LogP contribution in [0.3, 0.4) is 0 Å². The SMILES string of the molecule is O=C(C1CCC1)N1CCC(c2noc(-c3ccc4cnn(C5COC5)c4c3)n2)CC1. The van der Waals surface area contributed by atoms with Crippen LogP contribution in [0.4, 0.5) is 0 Å². The Balaban J connectivity index is 1.17. The molecule has 0 radical (unpaired) electrons. The second kappa shape index (κ2) is 7.19. The van der Waals surface area contributed by atoms with E-state index in [0.29, 0.717) is 31.1 Å². The number of amides is 1. The summed E-state index contributed by atoms with van der Waals surface area (Å²) >= 11 is 0. The fraction of sp³-hybridized carbons (Fsp3) is 0.545. The van der Waals surface area contributed by atoms with E-state index in [0.717, 1.165) is 61.1 Å². The second-order valence-electron chi connectivity index (χ2n) is 8.74. The van der Waals surface area contributed by atoms with Crippen molar-refractivity contribution >= 4 is 16.8 Å². The van der Waals surface area contributed by atoms with Gasteiger partial charge in [-0.2, -0.15) is 10.1 Å². The lowest BCUT2D eigenvalue weighted by molar-refractivity contribution is -0.139. The van der Waals surface area contributed by atoms with E-state index >= 15 is 0 Å². The number of rotatable bonds is 4. The van der Waals surface area contributed by atoms with Crippen LogP contribution in [-0.2, 0) is 9.53 Å². The zero-order chi connectivity index (χ0) is 20.1. The molecule has 0 atom stereocenters. The molecule has 1 aliphatic carbocycles. The summed E-state index contributed by atoms with van der Waals surface area (Å²) in [6.45, 7) is 2.98. The second-order valence-corrected chi connectivity index (χ2v) is 8.74. The minimum atomic E-state index is 0.245. The molecule has 0 bridgehead atoms. The van der Waals surface area contributed by atoms with Gasteiger partial charge in [0.1, 0.15) is 0 Å². The summed E-state index contributed by atoms with van der Waals surface area (Å²) < 4.78 is 12.9. The first-order valence-corrected chi connectivity index (χ1v) is 10.9. The quantitative estimate of drug-likeness (QED) is 0.660. The highest BCUT2D eigenvalue weighted by atomic mass is 16.5. The van der Waals surface area contributed by atoms with Crippen molar-refractivity contribution in [1.29, 1.82) is 0 Å². The van der Waals surface area contributed by atoms with Crippen molar-refractivity contribution < 1.29 is 14.1 Å². The predicted octanol–water partition coefficient (Wildman–Crippen LogP) is 3.16. The summed E-state index contributed by atoms with van der Waals surface area (Å²) in [4.78, 5) is 19.2. The molecule has 1 saturated carbocycles. The molecule has 156 valence electrons. The van der Waals surface area contributed by atoms with Crippen molar-refractivity contribution in [3.05, 3.63) is 30.2 Å². The third kappa shape index (κ3) is 3.01. The summed E-state index contributed by atoms with van der Waals surface area (Å²) in [6, 6.07) is 6.41. The molecular weight excluding hydrogens is 382 g/mol. The highest BCUT2D eigenvalue weighted by Crippen LogP contribution is 2.33. The Bertz CT molecular complexity index is 1070. The number of hydrogen-bond donors (Lipinski definition) is 0.